The van der Waals surface area contributed by atoms with Crippen LogP contribution < -0.4 is 10.6 Å². The van der Waals surface area contributed by atoms with E-state index in [0.717, 1.165) is 33.4 Å². The number of β-amino-alcohol motifs (C(OH)–C–C–N with tert-alkyl or cyclic N) is 1. The molecule has 0 radical (unpaired) electrons. The van der Waals surface area contributed by atoms with E-state index < -0.39 is 12.0 Å². The van der Waals surface area contributed by atoms with Gasteiger partial charge in [-0.25, -0.2) is 0 Å². The van der Waals surface area contributed by atoms with E-state index in [0.29, 0.717) is 48.6 Å². The maximum Gasteiger partial charge on any atom is 0.253 e. The number of nitrogens with one attached hydrogen (secondary N) is 3. The maximum absolute atomic E-state index is 12.6. The summed E-state index contributed by atoms with van der Waals surface area (Å²) in [6, 6.07) is 17.8. The maximum atomic E-state index is 12.6. The van der Waals surface area contributed by atoms with Gasteiger partial charge in [-0.05, 0) is 55.7 Å². The Morgan fingerprint density at radius 1 is 1.14 bits per heavy atom. The lowest BCUT2D eigenvalue weighted by molar-refractivity contribution is 0.0765. The highest BCUT2D eigenvalue weighted by Gasteiger charge is 2.30. The van der Waals surface area contributed by atoms with Gasteiger partial charge in [-0.3, -0.25) is 9.89 Å². The summed E-state index contributed by atoms with van der Waals surface area (Å²) in [4.78, 5) is 14.3. The first-order valence-corrected chi connectivity index (χ1v) is 12.2. The molecule has 1 fully saturated rings. The van der Waals surface area contributed by atoms with Crippen LogP contribution in [0.5, 0.6) is 0 Å². The molecular weight excluding hydrogens is 466 g/mol. The van der Waals surface area contributed by atoms with Crippen molar-refractivity contribution in [3.05, 3.63) is 81.7 Å². The smallest absolute Gasteiger partial charge is 0.253 e. The second-order valence-corrected chi connectivity index (χ2v) is 9.48. The number of allylic oxidation sites excluding steroid dienone is 4. The summed E-state index contributed by atoms with van der Waals surface area (Å²) in [6.45, 7) is 5.15. The van der Waals surface area contributed by atoms with Gasteiger partial charge in [0.25, 0.3) is 5.91 Å². The van der Waals surface area contributed by atoms with Crippen molar-refractivity contribution in [1.82, 2.24) is 20.4 Å². The van der Waals surface area contributed by atoms with Crippen LogP contribution in [0.4, 0.5) is 5.82 Å². The van der Waals surface area contributed by atoms with Gasteiger partial charge in [0.2, 0.25) is 0 Å². The first kappa shape index (κ1) is 24.1. The van der Waals surface area contributed by atoms with Crippen molar-refractivity contribution in [2.45, 2.75) is 38.8 Å². The van der Waals surface area contributed by atoms with Crippen molar-refractivity contribution in [2.24, 2.45) is 0 Å². The zero-order valence-electron chi connectivity index (χ0n) is 20.7. The standard InChI is InChI=1S/C28H27N7O2/c1-16-23(12-29)26(24(13-30)17(2)32-16)20-7-8-25-22(11-20)27(34-33-25)31-14-18-3-5-19(6-4-18)28(37)35-10-9-21(36)15-35/h3-8,11,21,26,32,36H,9-10,14-15H2,1-2H3,(H2,31,33,34). The minimum absolute atomic E-state index is 0.0677. The van der Waals surface area contributed by atoms with Crippen LogP contribution in [0.3, 0.4) is 0 Å². The first-order chi connectivity index (χ1) is 17.9. The zero-order valence-corrected chi connectivity index (χ0v) is 20.7. The van der Waals surface area contributed by atoms with Gasteiger partial charge in [0.15, 0.2) is 5.82 Å². The number of hydrogen-bond donors (Lipinski definition) is 4. The fourth-order valence-electron chi connectivity index (χ4n) is 5.03. The van der Waals surface area contributed by atoms with Gasteiger partial charge in [0, 0.05) is 42.0 Å². The molecule has 2 aromatic carbocycles. The van der Waals surface area contributed by atoms with E-state index in [2.05, 4.69) is 33.0 Å². The van der Waals surface area contributed by atoms with E-state index in [4.69, 9.17) is 0 Å². The largest absolute Gasteiger partial charge is 0.391 e. The Labute approximate surface area is 214 Å². The number of amides is 1. The fourth-order valence-corrected chi connectivity index (χ4v) is 5.03. The van der Waals surface area contributed by atoms with E-state index in [1.54, 1.807) is 17.0 Å². The summed E-state index contributed by atoms with van der Waals surface area (Å²) >= 11 is 0. The average Bonchev–Trinajstić information content (AvgIpc) is 3.52. The highest BCUT2D eigenvalue weighted by Crippen LogP contribution is 2.38. The molecule has 9 nitrogen and oxygen atoms in total. The Morgan fingerprint density at radius 2 is 1.84 bits per heavy atom. The summed E-state index contributed by atoms with van der Waals surface area (Å²) in [5, 5.41) is 44.1. The lowest BCUT2D eigenvalue weighted by Crippen LogP contribution is -2.29. The second-order valence-electron chi connectivity index (χ2n) is 9.48. The molecule has 186 valence electrons. The second kappa shape index (κ2) is 9.81. The van der Waals surface area contributed by atoms with Crippen LogP contribution in [0.2, 0.25) is 0 Å². The van der Waals surface area contributed by atoms with Gasteiger partial charge in [-0.15, -0.1) is 0 Å². The Hall–Kier alpha value is -4.60. The number of benzene rings is 2. The molecule has 1 saturated heterocycles. The molecule has 2 aliphatic heterocycles. The normalized spacial score (nSPS) is 18.1. The van der Waals surface area contributed by atoms with Crippen molar-refractivity contribution in [3.8, 4) is 12.1 Å². The molecule has 0 saturated carbocycles. The van der Waals surface area contributed by atoms with E-state index in [-0.39, 0.29) is 5.91 Å². The van der Waals surface area contributed by atoms with Gasteiger partial charge in [0.05, 0.1) is 40.8 Å². The topological polar surface area (TPSA) is 141 Å². The fraction of sp³-hybridized carbons (Fsp3) is 0.286. The monoisotopic (exact) mass is 493 g/mol. The van der Waals surface area contributed by atoms with Crippen molar-refractivity contribution in [3.63, 3.8) is 0 Å². The van der Waals surface area contributed by atoms with Gasteiger partial charge in [0.1, 0.15) is 0 Å². The molecular formula is C28H27N7O2. The Balaban J connectivity index is 1.36. The number of dihydropyridines is 1. The molecule has 1 amide bonds. The minimum atomic E-state index is -0.440. The van der Waals surface area contributed by atoms with Crippen molar-refractivity contribution >= 4 is 22.6 Å². The molecule has 0 aliphatic carbocycles. The number of nitrogens with zero attached hydrogens (tertiary/aromatic N) is 4. The summed E-state index contributed by atoms with van der Waals surface area (Å²) in [6.07, 6.45) is 0.177. The predicted molar refractivity (Wildman–Crippen MR) is 139 cm³/mol. The summed E-state index contributed by atoms with van der Waals surface area (Å²) in [5.41, 5.74) is 5.82. The van der Waals surface area contributed by atoms with Gasteiger partial charge in [-0.1, -0.05) is 18.2 Å². The van der Waals surface area contributed by atoms with Crippen LogP contribution in [0.25, 0.3) is 10.9 Å². The highest BCUT2D eigenvalue weighted by atomic mass is 16.3. The Bertz CT molecular complexity index is 1480. The molecule has 1 aromatic heterocycles. The Kier molecular flexibility index (Phi) is 6.39. The number of aromatic nitrogens is 2. The molecule has 5 rings (SSSR count). The number of fused-ring (bicyclic) bond motifs is 1. The molecule has 37 heavy (non-hydrogen) atoms. The molecule has 0 bridgehead atoms. The number of rotatable bonds is 5. The van der Waals surface area contributed by atoms with Crippen LogP contribution in [0.1, 0.15) is 47.7 Å². The summed E-state index contributed by atoms with van der Waals surface area (Å²) < 4.78 is 0. The average molecular weight is 494 g/mol. The third-order valence-corrected chi connectivity index (χ3v) is 7.03. The number of carbonyl (C=O) groups is 1. The van der Waals surface area contributed by atoms with Crippen LogP contribution >= 0.6 is 0 Å². The predicted octanol–water partition coefficient (Wildman–Crippen LogP) is 3.66. The number of likely N-dealkylation sites (tertiary alicyclic amines) is 1. The van der Waals surface area contributed by atoms with Gasteiger partial charge >= 0.3 is 0 Å². The zero-order chi connectivity index (χ0) is 26.1. The molecule has 2 aliphatic rings. The third kappa shape index (κ3) is 4.53. The van der Waals surface area contributed by atoms with E-state index in [1.165, 1.54) is 0 Å². The minimum Gasteiger partial charge on any atom is -0.391 e. The van der Waals surface area contributed by atoms with E-state index in [9.17, 15) is 20.4 Å². The SMILES string of the molecule is CC1=C(C#N)C(c2ccc3[nH]nc(NCc4ccc(C(=O)N5CCC(O)C5)cc4)c3c2)C(C#N)=C(C)N1. The quantitative estimate of drug-likeness (QED) is 0.425. The molecule has 9 heteroatoms. The van der Waals surface area contributed by atoms with Crippen LogP contribution in [0.15, 0.2) is 65.0 Å². The summed E-state index contributed by atoms with van der Waals surface area (Å²) in [5.74, 6) is 0.155. The number of anilines is 1. The molecule has 3 aromatic rings. The molecule has 0 spiro atoms. The number of nitriles is 2. The Morgan fingerprint density at radius 3 is 2.46 bits per heavy atom. The molecule has 1 unspecified atom stereocenters. The van der Waals surface area contributed by atoms with Gasteiger partial charge < -0.3 is 20.6 Å². The molecule has 4 N–H and O–H groups in total. The molecule has 1 atom stereocenters. The van der Waals surface area contributed by atoms with Crippen LogP contribution in [-0.2, 0) is 6.54 Å². The number of aliphatic hydroxyl groups is 1. The van der Waals surface area contributed by atoms with Crippen molar-refractivity contribution < 1.29 is 9.90 Å². The number of hydrogen-bond acceptors (Lipinski definition) is 7. The lowest BCUT2D eigenvalue weighted by atomic mass is 9.81. The molecule has 3 heterocycles. The first-order valence-electron chi connectivity index (χ1n) is 12.2. The highest BCUT2D eigenvalue weighted by molar-refractivity contribution is 5.94. The van der Waals surface area contributed by atoms with Crippen LogP contribution in [0, 0.1) is 22.7 Å². The lowest BCUT2D eigenvalue weighted by Gasteiger charge is -2.26. The number of carbonyl (C=O) groups excluding carboxylic acids is 1. The number of aromatic amines is 1. The third-order valence-electron chi connectivity index (χ3n) is 7.03. The summed E-state index contributed by atoms with van der Waals surface area (Å²) in [7, 11) is 0. The van der Waals surface area contributed by atoms with E-state index in [1.807, 2.05) is 44.2 Å². The van der Waals surface area contributed by atoms with Crippen molar-refractivity contribution in [2.75, 3.05) is 18.4 Å². The number of aliphatic hydroxyl groups excluding tert-OH is 1. The van der Waals surface area contributed by atoms with E-state index >= 15 is 0 Å². The van der Waals surface area contributed by atoms with Crippen LogP contribution in [-0.4, -0.2) is 45.3 Å². The number of H-pyrrole nitrogens is 1. The van der Waals surface area contributed by atoms with Crippen molar-refractivity contribution in [1.29, 1.82) is 10.5 Å². The van der Waals surface area contributed by atoms with Gasteiger partial charge in [-0.2, -0.15) is 15.6 Å².